The normalized spacial score (nSPS) is 19.7. The standard InChI is InChI=1S/C8H16N2O/c9-6-10-8(11)7-4-2-1-3-5-7/h7H,1-6,9H2,(H,10,11). The van der Waals surface area contributed by atoms with Crippen molar-refractivity contribution in [1.82, 2.24) is 5.32 Å². The summed E-state index contributed by atoms with van der Waals surface area (Å²) in [6, 6.07) is 0. The first-order chi connectivity index (χ1) is 5.34. The van der Waals surface area contributed by atoms with E-state index in [9.17, 15) is 4.79 Å². The van der Waals surface area contributed by atoms with E-state index in [0.29, 0.717) is 0 Å². The van der Waals surface area contributed by atoms with Crippen molar-refractivity contribution in [3.8, 4) is 0 Å². The third-order valence-electron chi connectivity index (χ3n) is 2.25. The first-order valence-electron chi connectivity index (χ1n) is 4.32. The monoisotopic (exact) mass is 156 g/mol. The molecule has 1 saturated carbocycles. The van der Waals surface area contributed by atoms with Crippen LogP contribution >= 0.6 is 0 Å². The van der Waals surface area contributed by atoms with Gasteiger partial charge in [0.2, 0.25) is 5.91 Å². The number of carbonyl (C=O) groups is 1. The van der Waals surface area contributed by atoms with E-state index < -0.39 is 0 Å². The quantitative estimate of drug-likeness (QED) is 0.575. The molecular weight excluding hydrogens is 140 g/mol. The Morgan fingerprint density at radius 2 is 2.00 bits per heavy atom. The molecular formula is C8H16N2O. The lowest BCUT2D eigenvalue weighted by molar-refractivity contribution is -0.125. The molecule has 0 aliphatic heterocycles. The van der Waals surface area contributed by atoms with Gasteiger partial charge in [0.05, 0.1) is 6.67 Å². The van der Waals surface area contributed by atoms with Gasteiger partial charge in [-0.25, -0.2) is 0 Å². The van der Waals surface area contributed by atoms with Crippen LogP contribution in [0, 0.1) is 5.92 Å². The lowest BCUT2D eigenvalue weighted by Gasteiger charge is -2.19. The number of nitrogens with one attached hydrogen (secondary N) is 1. The van der Waals surface area contributed by atoms with E-state index in [1.165, 1.54) is 19.3 Å². The van der Waals surface area contributed by atoms with Crippen molar-refractivity contribution in [2.24, 2.45) is 11.7 Å². The van der Waals surface area contributed by atoms with Crippen LogP contribution in [0.4, 0.5) is 0 Å². The van der Waals surface area contributed by atoms with Crippen LogP contribution in [0.5, 0.6) is 0 Å². The second-order valence-corrected chi connectivity index (χ2v) is 3.08. The van der Waals surface area contributed by atoms with Crippen LogP contribution in [-0.4, -0.2) is 12.6 Å². The molecule has 0 atom stereocenters. The molecule has 1 aliphatic rings. The summed E-state index contributed by atoms with van der Waals surface area (Å²) in [5, 5.41) is 2.65. The summed E-state index contributed by atoms with van der Waals surface area (Å²) in [6.45, 7) is 0.273. The fourth-order valence-electron chi connectivity index (χ4n) is 1.61. The van der Waals surface area contributed by atoms with Gasteiger partial charge in [-0.3, -0.25) is 4.79 Å². The van der Waals surface area contributed by atoms with Crippen molar-refractivity contribution in [3.63, 3.8) is 0 Å². The molecule has 0 saturated heterocycles. The van der Waals surface area contributed by atoms with Crippen LogP contribution in [-0.2, 0) is 4.79 Å². The van der Waals surface area contributed by atoms with Crippen LogP contribution < -0.4 is 11.1 Å². The van der Waals surface area contributed by atoms with Gasteiger partial charge in [0.25, 0.3) is 0 Å². The van der Waals surface area contributed by atoms with E-state index in [2.05, 4.69) is 5.32 Å². The Hall–Kier alpha value is -0.570. The molecule has 0 aromatic rings. The van der Waals surface area contributed by atoms with E-state index in [-0.39, 0.29) is 18.5 Å². The van der Waals surface area contributed by atoms with Crippen LogP contribution in [0.3, 0.4) is 0 Å². The highest BCUT2D eigenvalue weighted by atomic mass is 16.1. The van der Waals surface area contributed by atoms with Gasteiger partial charge in [0.15, 0.2) is 0 Å². The van der Waals surface area contributed by atoms with E-state index in [1.54, 1.807) is 0 Å². The van der Waals surface area contributed by atoms with Gasteiger partial charge >= 0.3 is 0 Å². The second-order valence-electron chi connectivity index (χ2n) is 3.08. The number of carbonyl (C=O) groups excluding carboxylic acids is 1. The van der Waals surface area contributed by atoms with Gasteiger partial charge in [-0.15, -0.1) is 0 Å². The maximum Gasteiger partial charge on any atom is 0.224 e. The Labute approximate surface area is 67.3 Å². The zero-order valence-electron chi connectivity index (χ0n) is 6.81. The molecule has 0 heterocycles. The van der Waals surface area contributed by atoms with E-state index >= 15 is 0 Å². The van der Waals surface area contributed by atoms with Crippen LogP contribution in [0.2, 0.25) is 0 Å². The third-order valence-corrected chi connectivity index (χ3v) is 2.25. The molecule has 1 amide bonds. The molecule has 0 aromatic heterocycles. The van der Waals surface area contributed by atoms with Crippen molar-refractivity contribution < 1.29 is 4.79 Å². The molecule has 3 nitrogen and oxygen atoms in total. The summed E-state index contributed by atoms with van der Waals surface area (Å²) < 4.78 is 0. The molecule has 0 radical (unpaired) electrons. The maximum absolute atomic E-state index is 11.2. The van der Waals surface area contributed by atoms with Gasteiger partial charge in [-0.05, 0) is 12.8 Å². The number of nitrogens with two attached hydrogens (primary N) is 1. The highest BCUT2D eigenvalue weighted by molar-refractivity contribution is 5.78. The Balaban J connectivity index is 2.27. The highest BCUT2D eigenvalue weighted by Crippen LogP contribution is 2.23. The van der Waals surface area contributed by atoms with Crippen LogP contribution in [0.25, 0.3) is 0 Å². The Bertz CT molecular complexity index is 130. The molecule has 1 aliphatic carbocycles. The molecule has 64 valence electrons. The van der Waals surface area contributed by atoms with Gasteiger partial charge < -0.3 is 11.1 Å². The minimum Gasteiger partial charge on any atom is -0.344 e. The lowest BCUT2D eigenvalue weighted by Crippen LogP contribution is -2.35. The zero-order chi connectivity index (χ0) is 8.10. The van der Waals surface area contributed by atoms with E-state index in [4.69, 9.17) is 5.73 Å². The summed E-state index contributed by atoms with van der Waals surface area (Å²) in [5.74, 6) is 0.388. The maximum atomic E-state index is 11.2. The molecule has 11 heavy (non-hydrogen) atoms. The Morgan fingerprint density at radius 1 is 1.36 bits per heavy atom. The van der Waals surface area contributed by atoms with Gasteiger partial charge in [0, 0.05) is 5.92 Å². The average Bonchev–Trinajstić information content (AvgIpc) is 2.07. The van der Waals surface area contributed by atoms with E-state index in [1.807, 2.05) is 0 Å². The summed E-state index contributed by atoms with van der Waals surface area (Å²) in [4.78, 5) is 11.2. The fourth-order valence-corrected chi connectivity index (χ4v) is 1.61. The van der Waals surface area contributed by atoms with Crippen molar-refractivity contribution in [2.45, 2.75) is 32.1 Å². The second kappa shape index (κ2) is 4.34. The molecule has 3 N–H and O–H groups in total. The molecule has 1 fully saturated rings. The smallest absolute Gasteiger partial charge is 0.224 e. The predicted molar refractivity (Wildman–Crippen MR) is 43.8 cm³/mol. The summed E-state index contributed by atoms with van der Waals surface area (Å²) in [5.41, 5.74) is 5.20. The Kier molecular flexibility index (Phi) is 3.36. The van der Waals surface area contributed by atoms with Gasteiger partial charge in [-0.2, -0.15) is 0 Å². The number of rotatable bonds is 2. The largest absolute Gasteiger partial charge is 0.344 e. The molecule has 3 heteroatoms. The first kappa shape index (κ1) is 8.53. The molecule has 0 aromatic carbocycles. The minimum absolute atomic E-state index is 0.146. The van der Waals surface area contributed by atoms with Crippen molar-refractivity contribution >= 4 is 5.91 Å². The van der Waals surface area contributed by atoms with Crippen molar-refractivity contribution in [1.29, 1.82) is 0 Å². The highest BCUT2D eigenvalue weighted by Gasteiger charge is 2.19. The molecule has 0 spiro atoms. The predicted octanol–water partition coefficient (Wildman–Crippen LogP) is 0.599. The topological polar surface area (TPSA) is 55.1 Å². The SMILES string of the molecule is NCNC(=O)C1CCCCC1. The first-order valence-corrected chi connectivity index (χ1v) is 4.32. The van der Waals surface area contributed by atoms with Gasteiger partial charge in [-0.1, -0.05) is 19.3 Å². The fraction of sp³-hybridized carbons (Fsp3) is 0.875. The van der Waals surface area contributed by atoms with Crippen LogP contribution in [0.15, 0.2) is 0 Å². The Morgan fingerprint density at radius 3 is 2.55 bits per heavy atom. The number of hydrogen-bond donors (Lipinski definition) is 2. The van der Waals surface area contributed by atoms with Crippen molar-refractivity contribution in [3.05, 3.63) is 0 Å². The van der Waals surface area contributed by atoms with Gasteiger partial charge in [0.1, 0.15) is 0 Å². The summed E-state index contributed by atoms with van der Waals surface area (Å²) in [6.07, 6.45) is 5.77. The average molecular weight is 156 g/mol. The molecule has 0 bridgehead atoms. The third kappa shape index (κ3) is 2.50. The lowest BCUT2D eigenvalue weighted by atomic mass is 9.89. The number of amides is 1. The summed E-state index contributed by atoms with van der Waals surface area (Å²) in [7, 11) is 0. The van der Waals surface area contributed by atoms with Crippen LogP contribution in [0.1, 0.15) is 32.1 Å². The summed E-state index contributed by atoms with van der Waals surface area (Å²) >= 11 is 0. The minimum atomic E-state index is 0.146. The number of hydrogen-bond acceptors (Lipinski definition) is 2. The van der Waals surface area contributed by atoms with E-state index in [0.717, 1.165) is 12.8 Å². The van der Waals surface area contributed by atoms with Crippen molar-refractivity contribution in [2.75, 3.05) is 6.67 Å². The molecule has 1 rings (SSSR count). The molecule has 0 unspecified atom stereocenters. The zero-order valence-corrected chi connectivity index (χ0v) is 6.81.